The summed E-state index contributed by atoms with van der Waals surface area (Å²) in [7, 11) is 3.46. The third-order valence-electron chi connectivity index (χ3n) is 2.37. The van der Waals surface area contributed by atoms with E-state index in [1.54, 1.807) is 18.0 Å². The van der Waals surface area contributed by atoms with Crippen molar-refractivity contribution < 1.29 is 4.74 Å². The summed E-state index contributed by atoms with van der Waals surface area (Å²) in [5, 5.41) is 4.10. The SMILES string of the molecule is COc1cccc(-c2cnn(C)c2N)c1. The van der Waals surface area contributed by atoms with Crippen LogP contribution in [0, 0.1) is 0 Å². The molecule has 4 heteroatoms. The van der Waals surface area contributed by atoms with Crippen molar-refractivity contribution in [2.45, 2.75) is 0 Å². The van der Waals surface area contributed by atoms with Crippen LogP contribution in [0.15, 0.2) is 30.5 Å². The maximum Gasteiger partial charge on any atom is 0.129 e. The molecule has 15 heavy (non-hydrogen) atoms. The number of hydrogen-bond acceptors (Lipinski definition) is 3. The Morgan fingerprint density at radius 2 is 2.20 bits per heavy atom. The van der Waals surface area contributed by atoms with E-state index in [0.29, 0.717) is 5.82 Å². The Morgan fingerprint density at radius 1 is 1.40 bits per heavy atom. The number of nitrogens with two attached hydrogens (primary N) is 1. The summed E-state index contributed by atoms with van der Waals surface area (Å²) in [6, 6.07) is 7.75. The van der Waals surface area contributed by atoms with Gasteiger partial charge in [0.1, 0.15) is 11.6 Å². The van der Waals surface area contributed by atoms with Crippen LogP contribution < -0.4 is 10.5 Å². The number of ether oxygens (including phenoxy) is 1. The molecule has 0 fully saturated rings. The molecule has 1 heterocycles. The fourth-order valence-electron chi connectivity index (χ4n) is 1.46. The van der Waals surface area contributed by atoms with Crippen molar-refractivity contribution >= 4 is 5.82 Å². The second-order valence-corrected chi connectivity index (χ2v) is 3.30. The molecular weight excluding hydrogens is 190 g/mol. The molecule has 0 saturated heterocycles. The van der Waals surface area contributed by atoms with Crippen molar-refractivity contribution in [3.05, 3.63) is 30.5 Å². The van der Waals surface area contributed by atoms with E-state index in [1.807, 2.05) is 31.3 Å². The van der Waals surface area contributed by atoms with Crippen LogP contribution in [0.1, 0.15) is 0 Å². The summed E-state index contributed by atoms with van der Waals surface area (Å²) in [4.78, 5) is 0. The van der Waals surface area contributed by atoms with Crippen LogP contribution >= 0.6 is 0 Å². The Bertz CT molecular complexity index is 476. The highest BCUT2D eigenvalue weighted by molar-refractivity contribution is 5.74. The first-order valence-electron chi connectivity index (χ1n) is 4.64. The monoisotopic (exact) mass is 203 g/mol. The molecule has 2 rings (SSSR count). The summed E-state index contributed by atoms with van der Waals surface area (Å²) in [5.74, 6) is 1.47. The molecule has 0 aliphatic carbocycles. The van der Waals surface area contributed by atoms with Crippen molar-refractivity contribution in [3.8, 4) is 16.9 Å². The number of methoxy groups -OCH3 is 1. The van der Waals surface area contributed by atoms with Crippen molar-refractivity contribution in [1.29, 1.82) is 0 Å². The van der Waals surface area contributed by atoms with Gasteiger partial charge in [0.25, 0.3) is 0 Å². The third kappa shape index (κ3) is 1.66. The van der Waals surface area contributed by atoms with Gasteiger partial charge < -0.3 is 10.5 Å². The third-order valence-corrected chi connectivity index (χ3v) is 2.37. The van der Waals surface area contributed by atoms with Gasteiger partial charge in [-0.1, -0.05) is 12.1 Å². The fourth-order valence-corrected chi connectivity index (χ4v) is 1.46. The van der Waals surface area contributed by atoms with Crippen molar-refractivity contribution in [2.75, 3.05) is 12.8 Å². The molecule has 0 bridgehead atoms. The molecule has 0 amide bonds. The van der Waals surface area contributed by atoms with Gasteiger partial charge in [-0.2, -0.15) is 5.10 Å². The summed E-state index contributed by atoms with van der Waals surface area (Å²) in [6.07, 6.45) is 1.75. The Labute approximate surface area is 88.3 Å². The van der Waals surface area contributed by atoms with Crippen LogP contribution in [0.2, 0.25) is 0 Å². The van der Waals surface area contributed by atoms with E-state index < -0.39 is 0 Å². The molecule has 1 aromatic heterocycles. The predicted molar refractivity (Wildman–Crippen MR) is 59.6 cm³/mol. The zero-order chi connectivity index (χ0) is 10.8. The summed E-state index contributed by atoms with van der Waals surface area (Å²) in [5.41, 5.74) is 7.83. The molecule has 0 spiro atoms. The molecule has 0 atom stereocenters. The quantitative estimate of drug-likeness (QED) is 0.807. The number of rotatable bonds is 2. The summed E-state index contributed by atoms with van der Waals surface area (Å²) >= 11 is 0. The van der Waals surface area contributed by atoms with Crippen LogP contribution in [0.25, 0.3) is 11.1 Å². The lowest BCUT2D eigenvalue weighted by Crippen LogP contribution is -1.98. The minimum Gasteiger partial charge on any atom is -0.497 e. The second-order valence-electron chi connectivity index (χ2n) is 3.30. The van der Waals surface area contributed by atoms with Gasteiger partial charge >= 0.3 is 0 Å². The maximum atomic E-state index is 5.89. The highest BCUT2D eigenvalue weighted by Gasteiger charge is 2.07. The fraction of sp³-hybridized carbons (Fsp3) is 0.182. The Hall–Kier alpha value is -1.97. The van der Waals surface area contributed by atoms with Crippen molar-refractivity contribution in [2.24, 2.45) is 7.05 Å². The van der Waals surface area contributed by atoms with Crippen molar-refractivity contribution in [3.63, 3.8) is 0 Å². The second kappa shape index (κ2) is 3.65. The molecule has 4 nitrogen and oxygen atoms in total. The van der Waals surface area contributed by atoms with Gasteiger partial charge in [-0.3, -0.25) is 4.68 Å². The molecule has 2 aromatic rings. The highest BCUT2D eigenvalue weighted by atomic mass is 16.5. The molecular formula is C11H13N3O. The number of nitrogens with zero attached hydrogens (tertiary/aromatic N) is 2. The van der Waals surface area contributed by atoms with E-state index in [2.05, 4.69) is 5.10 Å². The van der Waals surface area contributed by atoms with Crippen LogP contribution in [0.4, 0.5) is 5.82 Å². The van der Waals surface area contributed by atoms with Gasteiger partial charge in [0.05, 0.1) is 13.3 Å². The Balaban J connectivity index is 2.49. The van der Waals surface area contributed by atoms with E-state index >= 15 is 0 Å². The molecule has 0 radical (unpaired) electrons. The van der Waals surface area contributed by atoms with E-state index in [-0.39, 0.29) is 0 Å². The average molecular weight is 203 g/mol. The first-order chi connectivity index (χ1) is 7.22. The number of nitrogen functional groups attached to an aromatic ring is 1. The highest BCUT2D eigenvalue weighted by Crippen LogP contribution is 2.27. The smallest absolute Gasteiger partial charge is 0.129 e. The lowest BCUT2D eigenvalue weighted by atomic mass is 10.1. The minimum absolute atomic E-state index is 0.656. The van der Waals surface area contributed by atoms with E-state index in [0.717, 1.165) is 16.9 Å². The molecule has 0 unspecified atom stereocenters. The molecule has 0 saturated carbocycles. The van der Waals surface area contributed by atoms with Gasteiger partial charge in [-0.25, -0.2) is 0 Å². The number of aryl methyl sites for hydroxylation is 1. The van der Waals surface area contributed by atoms with Gasteiger partial charge in [0.2, 0.25) is 0 Å². The van der Waals surface area contributed by atoms with Crippen LogP contribution in [-0.2, 0) is 7.05 Å². The first-order valence-corrected chi connectivity index (χ1v) is 4.64. The van der Waals surface area contributed by atoms with E-state index in [9.17, 15) is 0 Å². The van der Waals surface area contributed by atoms with Gasteiger partial charge in [0.15, 0.2) is 0 Å². The van der Waals surface area contributed by atoms with Gasteiger partial charge in [-0.05, 0) is 17.7 Å². The topological polar surface area (TPSA) is 53.1 Å². The van der Waals surface area contributed by atoms with E-state index in [4.69, 9.17) is 10.5 Å². The average Bonchev–Trinajstić information content (AvgIpc) is 2.60. The van der Waals surface area contributed by atoms with Crippen LogP contribution in [0.5, 0.6) is 5.75 Å². The van der Waals surface area contributed by atoms with E-state index in [1.165, 1.54) is 0 Å². The number of aromatic nitrogens is 2. The Kier molecular flexibility index (Phi) is 2.33. The largest absolute Gasteiger partial charge is 0.497 e. The first kappa shape index (κ1) is 9.58. The molecule has 1 aromatic carbocycles. The van der Waals surface area contributed by atoms with Gasteiger partial charge in [0, 0.05) is 12.6 Å². The van der Waals surface area contributed by atoms with Crippen molar-refractivity contribution in [1.82, 2.24) is 9.78 Å². The predicted octanol–water partition coefficient (Wildman–Crippen LogP) is 1.68. The molecule has 2 N–H and O–H groups in total. The summed E-state index contributed by atoms with van der Waals surface area (Å²) < 4.78 is 6.80. The zero-order valence-corrected chi connectivity index (χ0v) is 8.77. The number of benzene rings is 1. The lowest BCUT2D eigenvalue weighted by Gasteiger charge is -2.03. The maximum absolute atomic E-state index is 5.89. The Morgan fingerprint density at radius 3 is 2.80 bits per heavy atom. The van der Waals surface area contributed by atoms with Gasteiger partial charge in [-0.15, -0.1) is 0 Å². The van der Waals surface area contributed by atoms with Crippen LogP contribution in [-0.4, -0.2) is 16.9 Å². The summed E-state index contributed by atoms with van der Waals surface area (Å²) in [6.45, 7) is 0. The number of anilines is 1. The van der Waals surface area contributed by atoms with Crippen LogP contribution in [0.3, 0.4) is 0 Å². The minimum atomic E-state index is 0.656. The normalized spacial score (nSPS) is 10.3. The standard InChI is InChI=1S/C11H13N3O/c1-14-11(12)10(7-13-14)8-4-3-5-9(6-8)15-2/h3-7H,12H2,1-2H3. The number of hydrogen-bond donors (Lipinski definition) is 1. The molecule has 0 aliphatic rings. The molecule has 78 valence electrons. The lowest BCUT2D eigenvalue weighted by molar-refractivity contribution is 0.415. The molecule has 0 aliphatic heterocycles. The zero-order valence-electron chi connectivity index (χ0n) is 8.77.